The van der Waals surface area contributed by atoms with E-state index in [4.69, 9.17) is 5.73 Å². The number of carbonyl (C=O) groups is 1. The molecule has 30 heavy (non-hydrogen) atoms. The summed E-state index contributed by atoms with van der Waals surface area (Å²) in [4.78, 5) is 17.4. The highest BCUT2D eigenvalue weighted by atomic mass is 16.1. The minimum Gasteiger partial charge on any atom is -0.384 e. The summed E-state index contributed by atoms with van der Waals surface area (Å²) in [6.45, 7) is 3.35. The van der Waals surface area contributed by atoms with Crippen molar-refractivity contribution >= 4 is 44.3 Å². The number of nitrogen functional groups attached to an aromatic ring is 1. The quantitative estimate of drug-likeness (QED) is 0.456. The molecule has 3 aromatic carbocycles. The van der Waals surface area contributed by atoms with Gasteiger partial charge in [-0.15, -0.1) is 0 Å². The van der Waals surface area contributed by atoms with Crippen LogP contribution in [0.2, 0.25) is 0 Å². The Morgan fingerprint density at radius 2 is 1.83 bits per heavy atom. The minimum atomic E-state index is -0.0713. The van der Waals surface area contributed by atoms with Crippen LogP contribution in [0.4, 0.5) is 5.82 Å². The van der Waals surface area contributed by atoms with Gasteiger partial charge in [0.2, 0.25) is 0 Å². The lowest BCUT2D eigenvalue weighted by Gasteiger charge is -2.07. The number of anilines is 1. The number of aryl methyl sites for hydroxylation is 1. The van der Waals surface area contributed by atoms with E-state index in [1.807, 2.05) is 48.7 Å². The number of pyridine rings is 1. The van der Waals surface area contributed by atoms with Crippen molar-refractivity contribution in [1.29, 1.82) is 0 Å². The second-order valence-corrected chi connectivity index (χ2v) is 7.46. The number of rotatable bonds is 4. The van der Waals surface area contributed by atoms with Crippen molar-refractivity contribution in [3.05, 3.63) is 84.1 Å². The highest BCUT2D eigenvalue weighted by Gasteiger charge is 2.16. The average Bonchev–Trinajstić information content (AvgIpc) is 3.17. The standard InChI is InChI=1S/C25H22N4O/c1-2-29-15-21(20-10-8-17-5-3-4-6-19(17)24(20)29)25(30)27-14-16-7-11-22-18(13-16)9-12-23(26)28-22/h3-13,15H,2,14H2,1H3,(H2,26,28)(H,27,30). The normalized spacial score (nSPS) is 11.4. The molecule has 0 saturated heterocycles. The monoisotopic (exact) mass is 394 g/mol. The van der Waals surface area contributed by atoms with Crippen LogP contribution >= 0.6 is 0 Å². The number of nitrogens with zero attached hydrogens (tertiary/aromatic N) is 2. The Labute approximate surface area is 174 Å². The summed E-state index contributed by atoms with van der Waals surface area (Å²) in [6.07, 6.45) is 1.96. The molecule has 0 aliphatic rings. The molecule has 0 radical (unpaired) electrons. The Bertz CT molecular complexity index is 1420. The van der Waals surface area contributed by atoms with E-state index < -0.39 is 0 Å². The number of carbonyl (C=O) groups excluding carboxylic acids is 1. The highest BCUT2D eigenvalue weighted by molar-refractivity contribution is 6.14. The molecule has 1 amide bonds. The molecule has 0 bridgehead atoms. The van der Waals surface area contributed by atoms with Crippen molar-refractivity contribution in [3.8, 4) is 0 Å². The maximum atomic E-state index is 13.1. The minimum absolute atomic E-state index is 0.0713. The molecule has 0 spiro atoms. The number of fused-ring (bicyclic) bond motifs is 4. The lowest BCUT2D eigenvalue weighted by molar-refractivity contribution is 0.0952. The fourth-order valence-electron chi connectivity index (χ4n) is 4.08. The number of amides is 1. The molecule has 2 heterocycles. The van der Waals surface area contributed by atoms with Crippen LogP contribution in [0.5, 0.6) is 0 Å². The molecule has 0 atom stereocenters. The van der Waals surface area contributed by atoms with Gasteiger partial charge in [0, 0.05) is 35.4 Å². The first-order valence-corrected chi connectivity index (χ1v) is 10.1. The summed E-state index contributed by atoms with van der Waals surface area (Å²) in [5.41, 5.74) is 9.43. The summed E-state index contributed by atoms with van der Waals surface area (Å²) >= 11 is 0. The summed E-state index contributed by atoms with van der Waals surface area (Å²) < 4.78 is 2.15. The van der Waals surface area contributed by atoms with E-state index in [0.717, 1.165) is 39.3 Å². The van der Waals surface area contributed by atoms with E-state index in [0.29, 0.717) is 17.9 Å². The molecular formula is C25H22N4O. The third-order valence-corrected chi connectivity index (χ3v) is 5.58. The summed E-state index contributed by atoms with van der Waals surface area (Å²) in [5, 5.41) is 7.39. The Balaban J connectivity index is 1.46. The first-order valence-electron chi connectivity index (χ1n) is 10.1. The van der Waals surface area contributed by atoms with Gasteiger partial charge in [0.1, 0.15) is 5.82 Å². The van der Waals surface area contributed by atoms with Gasteiger partial charge in [-0.25, -0.2) is 4.98 Å². The van der Waals surface area contributed by atoms with Gasteiger partial charge in [-0.3, -0.25) is 4.79 Å². The molecule has 0 fully saturated rings. The second-order valence-electron chi connectivity index (χ2n) is 7.46. The van der Waals surface area contributed by atoms with Crippen LogP contribution in [0, 0.1) is 0 Å². The zero-order chi connectivity index (χ0) is 20.7. The summed E-state index contributed by atoms with van der Waals surface area (Å²) in [5.74, 6) is 0.432. The van der Waals surface area contributed by atoms with Gasteiger partial charge in [0.25, 0.3) is 5.91 Å². The van der Waals surface area contributed by atoms with Crippen LogP contribution < -0.4 is 11.1 Å². The molecule has 5 nitrogen and oxygen atoms in total. The molecule has 3 N–H and O–H groups in total. The third-order valence-electron chi connectivity index (χ3n) is 5.58. The van der Waals surface area contributed by atoms with Crippen molar-refractivity contribution < 1.29 is 4.79 Å². The molecule has 5 heteroatoms. The number of hydrogen-bond donors (Lipinski definition) is 2. The fourth-order valence-corrected chi connectivity index (χ4v) is 4.08. The number of nitrogens with one attached hydrogen (secondary N) is 1. The van der Waals surface area contributed by atoms with E-state index in [1.54, 1.807) is 6.07 Å². The van der Waals surface area contributed by atoms with Crippen LogP contribution in [0.3, 0.4) is 0 Å². The molecule has 0 aliphatic carbocycles. The zero-order valence-electron chi connectivity index (χ0n) is 16.7. The van der Waals surface area contributed by atoms with Gasteiger partial charge in [0.15, 0.2) is 0 Å². The SMILES string of the molecule is CCn1cc(C(=O)NCc2ccc3nc(N)ccc3c2)c2ccc3ccccc3c21. The maximum Gasteiger partial charge on any atom is 0.253 e. The molecular weight excluding hydrogens is 372 g/mol. The summed E-state index contributed by atoms with van der Waals surface area (Å²) in [6, 6.07) is 22.1. The molecule has 5 rings (SSSR count). The Morgan fingerprint density at radius 1 is 1.00 bits per heavy atom. The van der Waals surface area contributed by atoms with Crippen LogP contribution in [0.15, 0.2) is 72.9 Å². The van der Waals surface area contributed by atoms with Crippen molar-refractivity contribution in [2.75, 3.05) is 5.73 Å². The van der Waals surface area contributed by atoms with E-state index in [2.05, 4.69) is 40.0 Å². The first-order chi connectivity index (χ1) is 14.6. The number of hydrogen-bond acceptors (Lipinski definition) is 3. The third kappa shape index (κ3) is 3.05. The Morgan fingerprint density at radius 3 is 2.70 bits per heavy atom. The van der Waals surface area contributed by atoms with Crippen molar-refractivity contribution in [2.45, 2.75) is 20.0 Å². The fraction of sp³-hybridized carbons (Fsp3) is 0.120. The predicted octanol–water partition coefficient (Wildman–Crippen LogP) is 4.87. The molecule has 5 aromatic rings. The van der Waals surface area contributed by atoms with Gasteiger partial charge in [-0.05, 0) is 42.1 Å². The van der Waals surface area contributed by atoms with Crippen molar-refractivity contribution in [2.24, 2.45) is 0 Å². The van der Waals surface area contributed by atoms with Gasteiger partial charge < -0.3 is 15.6 Å². The van der Waals surface area contributed by atoms with Crippen LogP contribution in [-0.2, 0) is 13.1 Å². The highest BCUT2D eigenvalue weighted by Crippen LogP contribution is 2.29. The first kappa shape index (κ1) is 18.2. The molecule has 0 aliphatic heterocycles. The lowest BCUT2D eigenvalue weighted by atomic mass is 10.1. The molecule has 0 saturated carbocycles. The topological polar surface area (TPSA) is 72.9 Å². The Kier molecular flexibility index (Phi) is 4.36. The van der Waals surface area contributed by atoms with Gasteiger partial charge in [-0.2, -0.15) is 0 Å². The average molecular weight is 394 g/mol. The van der Waals surface area contributed by atoms with Gasteiger partial charge >= 0.3 is 0 Å². The molecule has 0 unspecified atom stereocenters. The van der Waals surface area contributed by atoms with Gasteiger partial charge in [0.05, 0.1) is 16.6 Å². The zero-order valence-corrected chi connectivity index (χ0v) is 16.7. The smallest absolute Gasteiger partial charge is 0.253 e. The lowest BCUT2D eigenvalue weighted by Crippen LogP contribution is -2.22. The van der Waals surface area contributed by atoms with E-state index in [-0.39, 0.29) is 5.91 Å². The van der Waals surface area contributed by atoms with Gasteiger partial charge in [-0.1, -0.05) is 42.5 Å². The van der Waals surface area contributed by atoms with Crippen LogP contribution in [0.1, 0.15) is 22.8 Å². The maximum absolute atomic E-state index is 13.1. The van der Waals surface area contributed by atoms with E-state index in [9.17, 15) is 4.79 Å². The summed E-state index contributed by atoms with van der Waals surface area (Å²) in [7, 11) is 0. The number of benzene rings is 3. The Hall–Kier alpha value is -3.86. The van der Waals surface area contributed by atoms with Crippen molar-refractivity contribution in [1.82, 2.24) is 14.9 Å². The molecule has 2 aromatic heterocycles. The molecule has 148 valence electrons. The number of nitrogens with two attached hydrogens (primary N) is 1. The predicted molar refractivity (Wildman–Crippen MR) is 122 cm³/mol. The largest absolute Gasteiger partial charge is 0.384 e. The van der Waals surface area contributed by atoms with Crippen LogP contribution in [-0.4, -0.2) is 15.5 Å². The van der Waals surface area contributed by atoms with Crippen molar-refractivity contribution in [3.63, 3.8) is 0 Å². The number of aromatic nitrogens is 2. The second kappa shape index (κ2) is 7.19. The van der Waals surface area contributed by atoms with E-state index in [1.165, 1.54) is 5.39 Å². The van der Waals surface area contributed by atoms with E-state index >= 15 is 0 Å². The van der Waals surface area contributed by atoms with Crippen LogP contribution in [0.25, 0.3) is 32.6 Å².